The number of hydrogen-bond acceptors (Lipinski definition) is 5. The molecule has 0 atom stereocenters. The number of benzene rings is 1. The van der Waals surface area contributed by atoms with E-state index in [4.69, 9.17) is 4.42 Å². The lowest BCUT2D eigenvalue weighted by atomic mass is 9.93. The average Bonchev–Trinajstić information content (AvgIpc) is 3.13. The lowest BCUT2D eigenvalue weighted by Crippen LogP contribution is -2.07. The van der Waals surface area contributed by atoms with Crippen molar-refractivity contribution >= 4 is 17.5 Å². The highest BCUT2D eigenvalue weighted by atomic mass is 16.3. The van der Waals surface area contributed by atoms with E-state index in [1.165, 1.54) is 11.1 Å². The van der Waals surface area contributed by atoms with Crippen LogP contribution in [0.2, 0.25) is 0 Å². The number of para-hydroxylation sites is 1. The van der Waals surface area contributed by atoms with Gasteiger partial charge >= 0.3 is 0 Å². The zero-order valence-corrected chi connectivity index (χ0v) is 15.8. The first-order chi connectivity index (χ1) is 12.5. The van der Waals surface area contributed by atoms with Crippen molar-refractivity contribution in [1.29, 1.82) is 0 Å². The van der Waals surface area contributed by atoms with Crippen LogP contribution in [0.4, 0.5) is 17.5 Å². The summed E-state index contributed by atoms with van der Waals surface area (Å²) in [7, 11) is 0. The van der Waals surface area contributed by atoms with E-state index in [0.29, 0.717) is 24.3 Å². The molecule has 0 aliphatic rings. The van der Waals surface area contributed by atoms with Gasteiger partial charge in [0.05, 0.1) is 12.8 Å². The second-order valence-electron chi connectivity index (χ2n) is 6.94. The van der Waals surface area contributed by atoms with Gasteiger partial charge in [-0.1, -0.05) is 45.9 Å². The number of hydrogen-bond donors (Lipinski definition) is 2. The van der Waals surface area contributed by atoms with Crippen molar-refractivity contribution in [3.63, 3.8) is 0 Å². The van der Waals surface area contributed by atoms with Gasteiger partial charge in [0.25, 0.3) is 0 Å². The second-order valence-corrected chi connectivity index (χ2v) is 6.94. The predicted molar refractivity (Wildman–Crippen MR) is 106 cm³/mol. The van der Waals surface area contributed by atoms with Gasteiger partial charge in [-0.15, -0.1) is 0 Å². The number of furan rings is 1. The third-order valence-corrected chi connectivity index (χ3v) is 4.29. The molecule has 0 amide bonds. The van der Waals surface area contributed by atoms with Crippen LogP contribution in [-0.4, -0.2) is 9.97 Å². The van der Waals surface area contributed by atoms with Gasteiger partial charge in [0.2, 0.25) is 5.95 Å². The van der Waals surface area contributed by atoms with Crippen molar-refractivity contribution in [1.82, 2.24) is 9.97 Å². The maximum atomic E-state index is 5.34. The third kappa shape index (κ3) is 4.23. The van der Waals surface area contributed by atoms with E-state index in [1.807, 2.05) is 18.2 Å². The van der Waals surface area contributed by atoms with E-state index in [0.717, 1.165) is 17.3 Å². The van der Waals surface area contributed by atoms with Gasteiger partial charge in [-0.25, -0.2) is 4.98 Å². The first kappa shape index (κ1) is 18.0. The molecule has 2 heterocycles. The van der Waals surface area contributed by atoms with Gasteiger partial charge in [-0.05, 0) is 41.2 Å². The van der Waals surface area contributed by atoms with E-state index in [-0.39, 0.29) is 0 Å². The summed E-state index contributed by atoms with van der Waals surface area (Å²) in [5.41, 5.74) is 3.66. The quantitative estimate of drug-likeness (QED) is 0.574. The Bertz CT molecular complexity index is 815. The normalized spacial score (nSPS) is 11.2. The average molecular weight is 350 g/mol. The van der Waals surface area contributed by atoms with Crippen LogP contribution < -0.4 is 10.6 Å². The Morgan fingerprint density at radius 3 is 2.31 bits per heavy atom. The van der Waals surface area contributed by atoms with E-state index in [9.17, 15) is 0 Å². The SMILES string of the molecule is CC(C)c1cccc(C(C)C)c1Nc1nccc(NCc2ccco2)n1. The summed E-state index contributed by atoms with van der Waals surface area (Å²) < 4.78 is 5.34. The molecule has 2 N–H and O–H groups in total. The number of anilines is 3. The minimum atomic E-state index is 0.413. The standard InChI is InChI=1S/C21H26N4O/c1-14(2)17-8-5-9-18(15(3)4)20(17)25-21-22-11-10-19(24-21)23-13-16-7-6-12-26-16/h5-12,14-15H,13H2,1-4H3,(H2,22,23,24,25). The Morgan fingerprint density at radius 2 is 1.69 bits per heavy atom. The van der Waals surface area contributed by atoms with Gasteiger partial charge in [-0.3, -0.25) is 0 Å². The summed E-state index contributed by atoms with van der Waals surface area (Å²) in [6, 6.07) is 12.1. The first-order valence-electron chi connectivity index (χ1n) is 9.03. The van der Waals surface area contributed by atoms with Gasteiger partial charge in [0, 0.05) is 11.9 Å². The molecule has 2 aromatic heterocycles. The van der Waals surface area contributed by atoms with Crippen LogP contribution in [0.5, 0.6) is 0 Å². The largest absolute Gasteiger partial charge is 0.467 e. The molecule has 3 rings (SSSR count). The highest BCUT2D eigenvalue weighted by molar-refractivity contribution is 5.65. The predicted octanol–water partition coefficient (Wildman–Crippen LogP) is 5.67. The van der Waals surface area contributed by atoms with Gasteiger partial charge in [-0.2, -0.15) is 4.98 Å². The number of aromatic nitrogens is 2. The van der Waals surface area contributed by atoms with Crippen molar-refractivity contribution < 1.29 is 4.42 Å². The summed E-state index contributed by atoms with van der Waals surface area (Å²) in [5.74, 6) is 3.04. The monoisotopic (exact) mass is 350 g/mol. The van der Waals surface area contributed by atoms with E-state index < -0.39 is 0 Å². The molecule has 0 unspecified atom stereocenters. The van der Waals surface area contributed by atoms with E-state index >= 15 is 0 Å². The van der Waals surface area contributed by atoms with Crippen LogP contribution in [0.3, 0.4) is 0 Å². The van der Waals surface area contributed by atoms with Gasteiger partial charge in [0.15, 0.2) is 0 Å². The van der Waals surface area contributed by atoms with Gasteiger partial charge < -0.3 is 15.1 Å². The van der Waals surface area contributed by atoms with E-state index in [1.54, 1.807) is 12.5 Å². The lowest BCUT2D eigenvalue weighted by Gasteiger charge is -2.20. The minimum absolute atomic E-state index is 0.413. The second kappa shape index (κ2) is 8.04. The Balaban J connectivity index is 1.83. The molecule has 0 saturated heterocycles. The molecule has 26 heavy (non-hydrogen) atoms. The molecule has 1 aromatic carbocycles. The summed E-state index contributed by atoms with van der Waals surface area (Å²) >= 11 is 0. The number of rotatable bonds is 7. The Kier molecular flexibility index (Phi) is 5.56. The fourth-order valence-corrected chi connectivity index (χ4v) is 2.92. The Labute approximate surface area is 154 Å². The summed E-state index contributed by atoms with van der Waals surface area (Å²) in [5, 5.41) is 6.71. The Hall–Kier alpha value is -2.82. The molecule has 3 aromatic rings. The van der Waals surface area contributed by atoms with Crippen LogP contribution >= 0.6 is 0 Å². The molecule has 0 fully saturated rings. The van der Waals surface area contributed by atoms with Crippen molar-refractivity contribution in [3.8, 4) is 0 Å². The van der Waals surface area contributed by atoms with Crippen molar-refractivity contribution in [2.45, 2.75) is 46.1 Å². The van der Waals surface area contributed by atoms with Crippen molar-refractivity contribution in [3.05, 3.63) is 65.7 Å². The fraction of sp³-hybridized carbons (Fsp3) is 0.333. The van der Waals surface area contributed by atoms with Gasteiger partial charge in [0.1, 0.15) is 11.6 Å². The highest BCUT2D eigenvalue weighted by Crippen LogP contribution is 2.33. The summed E-state index contributed by atoms with van der Waals surface area (Å²) in [6.45, 7) is 9.39. The Morgan fingerprint density at radius 1 is 0.962 bits per heavy atom. The molecule has 0 radical (unpaired) electrons. The molecule has 136 valence electrons. The smallest absolute Gasteiger partial charge is 0.229 e. The fourth-order valence-electron chi connectivity index (χ4n) is 2.92. The van der Waals surface area contributed by atoms with Crippen molar-refractivity contribution in [2.75, 3.05) is 10.6 Å². The van der Waals surface area contributed by atoms with E-state index in [2.05, 4.69) is 66.5 Å². The molecule has 0 bridgehead atoms. The zero-order chi connectivity index (χ0) is 18.5. The maximum absolute atomic E-state index is 5.34. The van der Waals surface area contributed by atoms with Crippen LogP contribution in [0, 0.1) is 0 Å². The molecule has 0 saturated carbocycles. The lowest BCUT2D eigenvalue weighted by molar-refractivity contribution is 0.518. The summed E-state index contributed by atoms with van der Waals surface area (Å²) in [4.78, 5) is 8.99. The van der Waals surface area contributed by atoms with Crippen LogP contribution in [0.15, 0.2) is 53.3 Å². The topological polar surface area (TPSA) is 63.0 Å². The highest BCUT2D eigenvalue weighted by Gasteiger charge is 2.15. The van der Waals surface area contributed by atoms with Crippen LogP contribution in [0.25, 0.3) is 0 Å². The molecule has 0 aliphatic carbocycles. The first-order valence-corrected chi connectivity index (χ1v) is 9.03. The zero-order valence-electron chi connectivity index (χ0n) is 15.8. The number of nitrogens with one attached hydrogen (secondary N) is 2. The summed E-state index contributed by atoms with van der Waals surface area (Å²) in [6.07, 6.45) is 3.42. The molecule has 0 aliphatic heterocycles. The minimum Gasteiger partial charge on any atom is -0.467 e. The van der Waals surface area contributed by atoms with Crippen LogP contribution in [-0.2, 0) is 6.54 Å². The third-order valence-electron chi connectivity index (χ3n) is 4.29. The molecule has 0 spiro atoms. The van der Waals surface area contributed by atoms with Crippen molar-refractivity contribution in [2.24, 2.45) is 0 Å². The molecule has 5 nitrogen and oxygen atoms in total. The molecular formula is C21H26N4O. The number of nitrogens with zero attached hydrogens (tertiary/aromatic N) is 2. The van der Waals surface area contributed by atoms with Crippen LogP contribution in [0.1, 0.15) is 56.4 Å². The molecular weight excluding hydrogens is 324 g/mol. The maximum Gasteiger partial charge on any atom is 0.229 e. The molecule has 5 heteroatoms.